The van der Waals surface area contributed by atoms with E-state index in [9.17, 15) is 9.18 Å². The molecule has 1 heterocycles. The van der Waals surface area contributed by atoms with E-state index in [1.165, 1.54) is 18.7 Å². The number of thioether (sulfide) groups is 1. The molecular weight excluding hydrogens is 473 g/mol. The lowest BCUT2D eigenvalue weighted by atomic mass is 9.70. The van der Waals surface area contributed by atoms with Crippen molar-refractivity contribution in [1.29, 1.82) is 0 Å². The molecule has 0 N–H and O–H groups in total. The van der Waals surface area contributed by atoms with Crippen LogP contribution in [0.4, 0.5) is 4.39 Å². The minimum absolute atomic E-state index is 0.0504. The second kappa shape index (κ2) is 11.8. The Hall–Kier alpha value is -2.38. The van der Waals surface area contributed by atoms with Crippen LogP contribution in [0.3, 0.4) is 0 Å². The van der Waals surface area contributed by atoms with Crippen LogP contribution in [0.15, 0.2) is 59.6 Å². The van der Waals surface area contributed by atoms with Crippen molar-refractivity contribution in [2.24, 2.45) is 16.8 Å². The van der Waals surface area contributed by atoms with Gasteiger partial charge in [0.2, 0.25) is 0 Å². The molecule has 3 atom stereocenters. The molecule has 36 heavy (non-hydrogen) atoms. The number of nitrogens with zero attached hydrogens (tertiary/aromatic N) is 3. The van der Waals surface area contributed by atoms with Crippen molar-refractivity contribution < 1.29 is 13.9 Å². The monoisotopic (exact) mass is 511 g/mol. The number of carbonyl (C=O) groups is 1. The molecule has 2 aromatic carbocycles. The van der Waals surface area contributed by atoms with E-state index in [1.54, 1.807) is 23.9 Å². The molecule has 0 aromatic heterocycles. The molecule has 0 radical (unpaired) electrons. The van der Waals surface area contributed by atoms with Crippen LogP contribution in [0.1, 0.15) is 42.9 Å². The van der Waals surface area contributed by atoms with E-state index < -0.39 is 5.54 Å². The van der Waals surface area contributed by atoms with Gasteiger partial charge in [-0.1, -0.05) is 42.5 Å². The average Bonchev–Trinajstić information content (AvgIpc) is 3.23. The summed E-state index contributed by atoms with van der Waals surface area (Å²) in [6.45, 7) is 0.714. The third-order valence-corrected chi connectivity index (χ3v) is 8.58. The second-order valence-corrected chi connectivity index (χ2v) is 11.2. The molecule has 0 amide bonds. The van der Waals surface area contributed by atoms with Crippen LogP contribution in [0.5, 0.6) is 0 Å². The summed E-state index contributed by atoms with van der Waals surface area (Å²) in [5.74, 6) is 0.898. The molecule has 0 spiro atoms. The van der Waals surface area contributed by atoms with Gasteiger partial charge in [0.1, 0.15) is 5.82 Å². The maximum Gasteiger partial charge on any atom is 0.336 e. The van der Waals surface area contributed by atoms with E-state index >= 15 is 0 Å². The average molecular weight is 512 g/mol. The van der Waals surface area contributed by atoms with Crippen molar-refractivity contribution in [3.8, 4) is 0 Å². The molecule has 1 aliphatic heterocycles. The smallest absolute Gasteiger partial charge is 0.336 e. The molecule has 3 unspecified atom stereocenters. The number of methoxy groups -OCH3 is 1. The SMILES string of the molecule is COC(=O)C1(CSC)N=CN(Cc2ccccc2)C1C1CCC(C(c2cccc(F)c2)N(C)C)CC1. The number of esters is 1. The van der Waals surface area contributed by atoms with Gasteiger partial charge >= 0.3 is 5.97 Å². The van der Waals surface area contributed by atoms with Crippen molar-refractivity contribution in [3.05, 3.63) is 71.5 Å². The predicted octanol–water partition coefficient (Wildman–Crippen LogP) is 5.42. The molecule has 1 fully saturated rings. The summed E-state index contributed by atoms with van der Waals surface area (Å²) in [7, 11) is 5.62. The van der Waals surface area contributed by atoms with Crippen LogP contribution in [-0.2, 0) is 16.1 Å². The van der Waals surface area contributed by atoms with Gasteiger partial charge in [-0.05, 0) is 81.1 Å². The highest BCUT2D eigenvalue weighted by molar-refractivity contribution is 7.98. The standard InChI is InChI=1S/C29H38FN3O2S/c1-32(2)26(24-11-8-12-25(30)17-24)22-13-15-23(16-14-22)27-29(19-36-4,28(34)35-3)31-20-33(27)18-21-9-6-5-7-10-21/h5-12,17,20,22-23,26-27H,13-16,18-19H2,1-4H3. The maximum absolute atomic E-state index is 14.0. The van der Waals surface area contributed by atoms with E-state index in [-0.39, 0.29) is 23.9 Å². The first-order valence-corrected chi connectivity index (χ1v) is 14.1. The minimum atomic E-state index is -0.899. The Morgan fingerprint density at radius 1 is 1.17 bits per heavy atom. The zero-order valence-corrected chi connectivity index (χ0v) is 22.6. The Morgan fingerprint density at radius 2 is 1.89 bits per heavy atom. The Labute approximate surface area is 219 Å². The Balaban J connectivity index is 1.58. The Morgan fingerprint density at radius 3 is 2.50 bits per heavy atom. The summed E-state index contributed by atoms with van der Waals surface area (Å²) in [6.07, 6.45) is 7.95. The normalized spacial score (nSPS) is 26.8. The van der Waals surface area contributed by atoms with E-state index in [0.29, 0.717) is 24.1 Å². The number of ether oxygens (including phenoxy) is 1. The molecule has 2 aromatic rings. The lowest BCUT2D eigenvalue weighted by Gasteiger charge is -2.44. The number of rotatable bonds is 9. The van der Waals surface area contributed by atoms with E-state index in [0.717, 1.165) is 31.2 Å². The number of aliphatic imine (C=N–C) groups is 1. The first kappa shape index (κ1) is 26.7. The minimum Gasteiger partial charge on any atom is -0.467 e. The topological polar surface area (TPSA) is 45.1 Å². The van der Waals surface area contributed by atoms with Crippen LogP contribution < -0.4 is 0 Å². The van der Waals surface area contributed by atoms with Gasteiger partial charge in [0.15, 0.2) is 5.54 Å². The largest absolute Gasteiger partial charge is 0.467 e. The first-order valence-electron chi connectivity index (χ1n) is 12.7. The first-order chi connectivity index (χ1) is 17.4. The summed E-state index contributed by atoms with van der Waals surface area (Å²) >= 11 is 1.64. The highest BCUT2D eigenvalue weighted by atomic mass is 32.2. The highest BCUT2D eigenvalue weighted by Crippen LogP contribution is 2.45. The molecular formula is C29H38FN3O2S. The van der Waals surface area contributed by atoms with E-state index in [4.69, 9.17) is 9.73 Å². The third kappa shape index (κ3) is 5.47. The maximum atomic E-state index is 14.0. The second-order valence-electron chi connectivity index (χ2n) is 10.3. The van der Waals surface area contributed by atoms with Gasteiger partial charge in [0.05, 0.1) is 19.5 Å². The zero-order valence-electron chi connectivity index (χ0n) is 21.8. The predicted molar refractivity (Wildman–Crippen MR) is 146 cm³/mol. The zero-order chi connectivity index (χ0) is 25.7. The van der Waals surface area contributed by atoms with Crippen molar-refractivity contribution in [2.75, 3.05) is 33.2 Å². The fraction of sp³-hybridized carbons (Fsp3) is 0.517. The molecule has 0 bridgehead atoms. The molecule has 1 saturated carbocycles. The summed E-state index contributed by atoms with van der Waals surface area (Å²) in [6, 6.07) is 17.5. The number of carbonyl (C=O) groups excluding carboxylic acids is 1. The van der Waals surface area contributed by atoms with Crippen LogP contribution >= 0.6 is 11.8 Å². The summed E-state index contributed by atoms with van der Waals surface area (Å²) in [4.78, 5) is 22.6. The third-order valence-electron chi connectivity index (χ3n) is 7.85. The summed E-state index contributed by atoms with van der Waals surface area (Å²) in [5, 5.41) is 0. The van der Waals surface area contributed by atoms with Gasteiger partial charge in [-0.15, -0.1) is 0 Å². The van der Waals surface area contributed by atoms with Crippen LogP contribution in [0.2, 0.25) is 0 Å². The number of hydrogen-bond acceptors (Lipinski definition) is 6. The van der Waals surface area contributed by atoms with Crippen molar-refractivity contribution in [3.63, 3.8) is 0 Å². The fourth-order valence-electron chi connectivity index (χ4n) is 6.40. The number of hydrogen-bond donors (Lipinski definition) is 0. The van der Waals surface area contributed by atoms with Crippen LogP contribution in [-0.4, -0.2) is 66.9 Å². The number of benzene rings is 2. The van der Waals surface area contributed by atoms with Gasteiger partial charge in [-0.2, -0.15) is 11.8 Å². The summed E-state index contributed by atoms with van der Waals surface area (Å²) < 4.78 is 19.4. The summed E-state index contributed by atoms with van der Waals surface area (Å²) in [5.41, 5.74) is 1.33. The van der Waals surface area contributed by atoms with Gasteiger partial charge in [0.25, 0.3) is 0 Å². The molecule has 7 heteroatoms. The van der Waals surface area contributed by atoms with Gasteiger partial charge in [-0.25, -0.2) is 9.18 Å². The highest BCUT2D eigenvalue weighted by Gasteiger charge is 2.55. The molecule has 5 nitrogen and oxygen atoms in total. The quantitative estimate of drug-likeness (QED) is 0.421. The Kier molecular flexibility index (Phi) is 8.73. The van der Waals surface area contributed by atoms with E-state index in [1.807, 2.05) is 36.9 Å². The lowest BCUT2D eigenvalue weighted by molar-refractivity contribution is -0.148. The fourth-order valence-corrected chi connectivity index (χ4v) is 7.21. The van der Waals surface area contributed by atoms with Crippen molar-refractivity contribution in [1.82, 2.24) is 9.80 Å². The molecule has 2 aliphatic rings. The Bertz CT molecular complexity index is 1040. The van der Waals surface area contributed by atoms with Crippen LogP contribution in [0, 0.1) is 17.7 Å². The molecule has 4 rings (SSSR count). The molecule has 1 aliphatic carbocycles. The van der Waals surface area contributed by atoms with Gasteiger partial charge in [-0.3, -0.25) is 4.99 Å². The van der Waals surface area contributed by atoms with Crippen LogP contribution in [0.25, 0.3) is 0 Å². The lowest BCUT2D eigenvalue weighted by Crippen LogP contribution is -2.57. The van der Waals surface area contributed by atoms with Gasteiger partial charge in [0, 0.05) is 18.3 Å². The number of halogens is 1. The van der Waals surface area contributed by atoms with Crippen molar-refractivity contribution in [2.45, 2.75) is 49.9 Å². The molecule has 0 saturated heterocycles. The molecule has 194 valence electrons. The van der Waals surface area contributed by atoms with Gasteiger partial charge < -0.3 is 14.5 Å². The van der Waals surface area contributed by atoms with E-state index in [2.05, 4.69) is 36.0 Å². The van der Waals surface area contributed by atoms with Crippen molar-refractivity contribution >= 4 is 24.1 Å².